The predicted octanol–water partition coefficient (Wildman–Crippen LogP) is 4.90. The molecule has 1 amide bonds. The number of hydrogen-bond donors (Lipinski definition) is 1. The fourth-order valence-electron chi connectivity index (χ4n) is 4.43. The summed E-state index contributed by atoms with van der Waals surface area (Å²) >= 11 is 0. The number of carbonyl (C=O) groups is 1. The number of ether oxygens (including phenoxy) is 1. The van der Waals surface area contributed by atoms with Crippen molar-refractivity contribution in [3.63, 3.8) is 0 Å². The number of nitrogens with zero attached hydrogens (tertiary/aromatic N) is 2. The molecule has 1 aliphatic heterocycles. The Kier molecular flexibility index (Phi) is 6.12. The summed E-state index contributed by atoms with van der Waals surface area (Å²) in [6, 6.07) is 21.3. The molecule has 3 aromatic carbocycles. The van der Waals surface area contributed by atoms with E-state index in [1.807, 2.05) is 59.5 Å². The zero-order valence-electron chi connectivity index (χ0n) is 19.2. The van der Waals surface area contributed by atoms with Gasteiger partial charge >= 0.3 is 0 Å². The molecular weight excluding hydrogens is 426 g/mol. The molecule has 4 aromatic rings. The number of nitrogens with one attached hydrogen (secondary N) is 1. The number of carbonyl (C=O) groups excluding carboxylic acids is 1. The first-order valence-electron chi connectivity index (χ1n) is 11.8. The minimum Gasteiger partial charge on any atom is -0.494 e. The highest BCUT2D eigenvalue weighted by molar-refractivity contribution is 5.97. The van der Waals surface area contributed by atoms with Crippen LogP contribution in [0.3, 0.4) is 0 Å². The fourth-order valence-corrected chi connectivity index (χ4v) is 4.43. The summed E-state index contributed by atoms with van der Waals surface area (Å²) in [6.07, 6.45) is 3.28. The molecule has 0 spiro atoms. The number of amides is 1. The van der Waals surface area contributed by atoms with Crippen LogP contribution in [0.1, 0.15) is 30.9 Å². The Morgan fingerprint density at radius 3 is 2.65 bits per heavy atom. The van der Waals surface area contributed by atoms with Gasteiger partial charge in [-0.15, -0.1) is 0 Å². The van der Waals surface area contributed by atoms with Gasteiger partial charge in [-0.05, 0) is 36.1 Å². The molecule has 0 atom stereocenters. The van der Waals surface area contributed by atoms with Crippen LogP contribution in [-0.2, 0) is 17.6 Å². The highest BCUT2D eigenvalue weighted by Gasteiger charge is 2.25. The zero-order chi connectivity index (χ0) is 23.5. The molecule has 1 aliphatic rings. The van der Waals surface area contributed by atoms with E-state index in [9.17, 15) is 9.59 Å². The lowest BCUT2D eigenvalue weighted by Gasteiger charge is -2.18. The van der Waals surface area contributed by atoms with Crippen LogP contribution in [0.4, 0.5) is 5.69 Å². The predicted molar refractivity (Wildman–Crippen MR) is 134 cm³/mol. The number of rotatable bonds is 7. The molecule has 1 aromatic heterocycles. The van der Waals surface area contributed by atoms with E-state index in [1.165, 1.54) is 5.56 Å². The van der Waals surface area contributed by atoms with Gasteiger partial charge in [-0.1, -0.05) is 61.9 Å². The van der Waals surface area contributed by atoms with Crippen molar-refractivity contribution in [2.45, 2.75) is 32.6 Å². The normalized spacial score (nSPS) is 12.7. The molecule has 6 heteroatoms. The van der Waals surface area contributed by atoms with E-state index in [4.69, 9.17) is 4.74 Å². The van der Waals surface area contributed by atoms with Gasteiger partial charge in [0.1, 0.15) is 5.75 Å². The molecule has 172 valence electrons. The highest BCUT2D eigenvalue weighted by Crippen LogP contribution is 2.32. The highest BCUT2D eigenvalue weighted by atomic mass is 16.5. The molecule has 0 unspecified atom stereocenters. The Bertz CT molecular complexity index is 1390. The third-order valence-electron chi connectivity index (χ3n) is 6.30. The summed E-state index contributed by atoms with van der Waals surface area (Å²) in [7, 11) is 0. The summed E-state index contributed by atoms with van der Waals surface area (Å²) in [5.41, 5.74) is 4.49. The van der Waals surface area contributed by atoms with E-state index in [0.29, 0.717) is 25.0 Å². The average molecular weight is 454 g/mol. The second-order valence-electron chi connectivity index (χ2n) is 8.61. The number of aromatic amines is 1. The minimum atomic E-state index is -0.202. The fraction of sp³-hybridized carbons (Fsp3) is 0.250. The van der Waals surface area contributed by atoms with Gasteiger partial charge in [0, 0.05) is 23.6 Å². The standard InChI is InChI=1S/C28H27N3O3/c1-2-3-16-34-22-13-12-20-14-15-31(25(20)18-22)26(32)17-19-8-10-21(11-9-19)27-23-6-4-5-7-24(23)28(33)30-29-27/h4-13,18H,2-3,14-17H2,1H3,(H,30,33). The number of aromatic nitrogens is 2. The quantitative estimate of drug-likeness (QED) is 0.404. The first-order chi connectivity index (χ1) is 16.6. The van der Waals surface area contributed by atoms with E-state index in [2.05, 4.69) is 23.2 Å². The first kappa shape index (κ1) is 21.9. The maximum absolute atomic E-state index is 13.1. The third-order valence-corrected chi connectivity index (χ3v) is 6.30. The molecule has 0 fully saturated rings. The minimum absolute atomic E-state index is 0.0739. The van der Waals surface area contributed by atoms with Gasteiger partial charge in [0.05, 0.1) is 29.8 Å². The molecule has 0 aliphatic carbocycles. The van der Waals surface area contributed by atoms with Crippen LogP contribution in [0, 0.1) is 0 Å². The molecule has 1 N–H and O–H groups in total. The number of hydrogen-bond acceptors (Lipinski definition) is 4. The lowest BCUT2D eigenvalue weighted by atomic mass is 10.0. The molecule has 0 saturated heterocycles. The van der Waals surface area contributed by atoms with E-state index < -0.39 is 0 Å². The van der Waals surface area contributed by atoms with Crippen LogP contribution in [0.15, 0.2) is 71.5 Å². The van der Waals surface area contributed by atoms with Crippen LogP contribution < -0.4 is 15.2 Å². The van der Waals surface area contributed by atoms with Crippen LogP contribution in [0.2, 0.25) is 0 Å². The van der Waals surface area contributed by atoms with Crippen LogP contribution in [-0.4, -0.2) is 29.3 Å². The smallest absolute Gasteiger partial charge is 0.272 e. The number of anilines is 1. The Morgan fingerprint density at radius 2 is 1.85 bits per heavy atom. The van der Waals surface area contributed by atoms with Gasteiger partial charge in [0.25, 0.3) is 5.56 Å². The number of fused-ring (bicyclic) bond motifs is 2. The molecule has 34 heavy (non-hydrogen) atoms. The summed E-state index contributed by atoms with van der Waals surface area (Å²) in [6.45, 7) is 3.52. The topological polar surface area (TPSA) is 75.3 Å². The largest absolute Gasteiger partial charge is 0.494 e. The number of benzene rings is 3. The van der Waals surface area contributed by atoms with Gasteiger partial charge in [-0.3, -0.25) is 9.59 Å². The van der Waals surface area contributed by atoms with Crippen molar-refractivity contribution in [2.24, 2.45) is 0 Å². The maximum atomic E-state index is 13.1. The molecule has 2 heterocycles. The summed E-state index contributed by atoms with van der Waals surface area (Å²) in [5, 5.41) is 8.26. The van der Waals surface area contributed by atoms with E-state index in [1.54, 1.807) is 6.07 Å². The Hall–Kier alpha value is -3.93. The van der Waals surface area contributed by atoms with Crippen molar-refractivity contribution in [2.75, 3.05) is 18.1 Å². The van der Waals surface area contributed by atoms with Gasteiger partial charge in [0.2, 0.25) is 5.91 Å². The van der Waals surface area contributed by atoms with Crippen molar-refractivity contribution in [1.82, 2.24) is 10.2 Å². The summed E-state index contributed by atoms with van der Waals surface area (Å²) in [5.74, 6) is 0.890. The van der Waals surface area contributed by atoms with Gasteiger partial charge in [0.15, 0.2) is 0 Å². The van der Waals surface area contributed by atoms with E-state index in [-0.39, 0.29) is 11.5 Å². The zero-order valence-corrected chi connectivity index (χ0v) is 19.2. The van der Waals surface area contributed by atoms with E-state index >= 15 is 0 Å². The van der Waals surface area contributed by atoms with Crippen molar-refractivity contribution in [3.8, 4) is 17.0 Å². The van der Waals surface area contributed by atoms with Gasteiger partial charge < -0.3 is 9.64 Å². The molecule has 0 bridgehead atoms. The van der Waals surface area contributed by atoms with Crippen LogP contribution in [0.5, 0.6) is 5.75 Å². The number of unbranched alkanes of at least 4 members (excludes halogenated alkanes) is 1. The molecule has 0 radical (unpaired) electrons. The monoisotopic (exact) mass is 453 g/mol. The number of H-pyrrole nitrogens is 1. The van der Waals surface area contributed by atoms with Crippen molar-refractivity contribution >= 4 is 22.4 Å². The molecule has 5 rings (SSSR count). The molecule has 0 saturated carbocycles. The molecular formula is C28H27N3O3. The molecule has 6 nitrogen and oxygen atoms in total. The first-order valence-corrected chi connectivity index (χ1v) is 11.8. The SMILES string of the molecule is CCCCOc1ccc2c(c1)N(C(=O)Cc1ccc(-c3n[nH]c(=O)c4ccccc34)cc1)CC2. The van der Waals surface area contributed by atoms with Gasteiger partial charge in [-0.2, -0.15) is 5.10 Å². The van der Waals surface area contributed by atoms with Crippen molar-refractivity contribution < 1.29 is 9.53 Å². The summed E-state index contributed by atoms with van der Waals surface area (Å²) < 4.78 is 5.85. The summed E-state index contributed by atoms with van der Waals surface area (Å²) in [4.78, 5) is 27.1. The Labute approximate surface area is 198 Å². The average Bonchev–Trinajstić information content (AvgIpc) is 3.29. The Morgan fingerprint density at radius 1 is 1.06 bits per heavy atom. The third kappa shape index (κ3) is 4.31. The lowest BCUT2D eigenvalue weighted by Crippen LogP contribution is -2.30. The second-order valence-corrected chi connectivity index (χ2v) is 8.61. The maximum Gasteiger partial charge on any atom is 0.272 e. The second kappa shape index (κ2) is 9.51. The van der Waals surface area contributed by atoms with E-state index in [0.717, 1.165) is 52.9 Å². The lowest BCUT2D eigenvalue weighted by molar-refractivity contribution is -0.117. The van der Waals surface area contributed by atoms with Crippen molar-refractivity contribution in [1.29, 1.82) is 0 Å². The van der Waals surface area contributed by atoms with Crippen LogP contribution >= 0.6 is 0 Å². The Balaban J connectivity index is 1.32. The van der Waals surface area contributed by atoms with Crippen LogP contribution in [0.25, 0.3) is 22.0 Å². The van der Waals surface area contributed by atoms with Gasteiger partial charge in [-0.25, -0.2) is 5.10 Å². The van der Waals surface area contributed by atoms with Crippen molar-refractivity contribution in [3.05, 3.63) is 88.2 Å².